The molecule has 0 amide bonds. The number of ether oxygens (including phenoxy) is 4. The quantitative estimate of drug-likeness (QED) is 0.135. The fraction of sp³-hybridized carbons (Fsp3) is 0.188. The van der Waals surface area contributed by atoms with Gasteiger partial charge >= 0.3 is 0 Å². The maximum atomic E-state index is 5.63. The topological polar surface area (TPSA) is 36.9 Å². The van der Waals surface area contributed by atoms with Crippen LogP contribution in [0.4, 0.5) is 0 Å². The van der Waals surface area contributed by atoms with E-state index < -0.39 is 0 Å². The van der Waals surface area contributed by atoms with Gasteiger partial charge in [0.2, 0.25) is 0 Å². The molecule has 8 aromatic carbocycles. The molecule has 4 nitrogen and oxygen atoms in total. The summed E-state index contributed by atoms with van der Waals surface area (Å²) in [5, 5.41) is 0. The van der Waals surface area contributed by atoms with Gasteiger partial charge in [-0.1, -0.05) is 84.3 Å². The first-order valence-corrected chi connectivity index (χ1v) is 22.9. The average Bonchev–Trinajstić information content (AvgIpc) is 3.32. The van der Waals surface area contributed by atoms with Crippen LogP contribution in [0.25, 0.3) is 55.6 Å². The summed E-state index contributed by atoms with van der Waals surface area (Å²) in [7, 11) is 6.85. The smallest absolute Gasteiger partial charge is 0.119 e. The molecule has 0 saturated heterocycles. The van der Waals surface area contributed by atoms with Gasteiger partial charge in [-0.25, -0.2) is 0 Å². The summed E-state index contributed by atoms with van der Waals surface area (Å²) in [6, 6.07) is 46.8. The maximum absolute atomic E-state index is 5.63. The molecule has 0 spiro atoms. The summed E-state index contributed by atoms with van der Waals surface area (Å²) in [5.74, 6) is 17.8. The van der Waals surface area contributed by atoms with Crippen LogP contribution in [0, 0.1) is 79.1 Å². The van der Waals surface area contributed by atoms with Gasteiger partial charge < -0.3 is 18.9 Å². The molecule has 0 atom stereocenters. The van der Waals surface area contributed by atoms with E-state index in [1.54, 1.807) is 28.4 Å². The van der Waals surface area contributed by atoms with Gasteiger partial charge in [0, 0.05) is 22.3 Å². The minimum Gasteiger partial charge on any atom is -0.497 e. The summed E-state index contributed by atoms with van der Waals surface area (Å²) in [6.07, 6.45) is 0. The van der Waals surface area contributed by atoms with E-state index in [-0.39, 0.29) is 0 Å². The molecule has 0 radical (unpaired) electrons. The van der Waals surface area contributed by atoms with Crippen LogP contribution < -0.4 is 18.9 Å². The first kappa shape index (κ1) is 46.6. The normalized spacial score (nSPS) is 10.7. The molecular formula is C64H58O4. The van der Waals surface area contributed by atoms with Crippen LogP contribution in [0.3, 0.4) is 0 Å². The average molecular weight is 891 g/mol. The molecule has 0 bridgehead atoms. The fourth-order valence-electron chi connectivity index (χ4n) is 9.83. The lowest BCUT2D eigenvalue weighted by Gasteiger charge is -2.19. The van der Waals surface area contributed by atoms with Gasteiger partial charge in [0.15, 0.2) is 0 Å². The summed E-state index contributed by atoms with van der Waals surface area (Å²) in [4.78, 5) is 0. The zero-order valence-corrected chi connectivity index (χ0v) is 41.3. The molecule has 338 valence electrons. The van der Waals surface area contributed by atoms with E-state index in [4.69, 9.17) is 18.9 Å². The van der Waals surface area contributed by atoms with Gasteiger partial charge in [-0.2, -0.15) is 0 Å². The van der Waals surface area contributed by atoms with Gasteiger partial charge in [-0.05, 0) is 228 Å². The summed E-state index contributed by atoms with van der Waals surface area (Å²) in [5.41, 5.74) is 24.2. The van der Waals surface area contributed by atoms with Crippen molar-refractivity contribution < 1.29 is 18.9 Å². The van der Waals surface area contributed by atoms with Gasteiger partial charge in [0.1, 0.15) is 23.0 Å². The standard InChI is InChI=1S/C64H58O4/c1-39-31-51(65-9)32-40(2)61(39)57-15-13-16-58(62-41(3)33-52(66-10)34-42(62)4)55(57)29-23-47-19-25-49(26-20-47)50-27-21-48(22-28-50)24-30-56-59(63-43(5)35-53(67-11)36-44(63)6)17-14-18-60(56)64-45(7)37-54(68-12)38-46(64)8/h13-22,25-28,31-38H,1-12H3. The van der Waals surface area contributed by atoms with Crippen molar-refractivity contribution in [1.82, 2.24) is 0 Å². The third kappa shape index (κ3) is 9.37. The lowest BCUT2D eigenvalue weighted by atomic mass is 9.85. The molecule has 0 aliphatic heterocycles. The van der Waals surface area contributed by atoms with Crippen LogP contribution in [-0.2, 0) is 0 Å². The molecule has 0 saturated carbocycles. The SMILES string of the molecule is COc1cc(C)c(-c2cccc(-c3c(C)cc(OC)cc3C)c2C#Cc2ccc(-c3ccc(C#Cc4c(-c5c(C)cc(OC)cc5C)cccc4-c4c(C)cc(OC)cc4C)cc3)cc2)c(C)c1. The number of aryl methyl sites for hydroxylation is 8. The Morgan fingerprint density at radius 2 is 0.500 bits per heavy atom. The molecule has 0 heterocycles. The molecule has 0 aromatic heterocycles. The Morgan fingerprint density at radius 1 is 0.279 bits per heavy atom. The van der Waals surface area contributed by atoms with Gasteiger partial charge in [0.05, 0.1) is 28.4 Å². The van der Waals surface area contributed by atoms with E-state index >= 15 is 0 Å². The van der Waals surface area contributed by atoms with Gasteiger partial charge in [0.25, 0.3) is 0 Å². The molecule has 0 N–H and O–H groups in total. The minimum atomic E-state index is 0.846. The second-order valence-corrected chi connectivity index (χ2v) is 17.7. The van der Waals surface area contributed by atoms with Crippen molar-refractivity contribution in [3.05, 3.63) is 200 Å². The van der Waals surface area contributed by atoms with E-state index in [2.05, 4.69) is 213 Å². The second kappa shape index (κ2) is 19.9. The maximum Gasteiger partial charge on any atom is 0.119 e. The molecule has 4 heteroatoms. The molecule has 8 rings (SSSR count). The van der Waals surface area contributed by atoms with Crippen LogP contribution in [0.2, 0.25) is 0 Å². The molecule has 0 unspecified atom stereocenters. The Labute approximate surface area is 403 Å². The van der Waals surface area contributed by atoms with Gasteiger partial charge in [-0.15, -0.1) is 0 Å². The number of hydrogen-bond acceptors (Lipinski definition) is 4. The third-order valence-corrected chi connectivity index (χ3v) is 12.9. The predicted molar refractivity (Wildman–Crippen MR) is 283 cm³/mol. The Bertz CT molecular complexity index is 2870. The zero-order chi connectivity index (χ0) is 48.2. The molecule has 68 heavy (non-hydrogen) atoms. The largest absolute Gasteiger partial charge is 0.497 e. The van der Waals surface area contributed by atoms with E-state index in [9.17, 15) is 0 Å². The summed E-state index contributed by atoms with van der Waals surface area (Å²) >= 11 is 0. The number of rotatable bonds is 9. The lowest BCUT2D eigenvalue weighted by molar-refractivity contribution is 0.414. The van der Waals surface area contributed by atoms with Crippen LogP contribution in [0.5, 0.6) is 23.0 Å². The first-order chi connectivity index (χ1) is 32.8. The Kier molecular flexibility index (Phi) is 13.6. The molecule has 0 aliphatic carbocycles. The van der Waals surface area contributed by atoms with Crippen LogP contribution in [0.1, 0.15) is 66.8 Å². The van der Waals surface area contributed by atoms with Crippen LogP contribution >= 0.6 is 0 Å². The van der Waals surface area contributed by atoms with Crippen LogP contribution in [-0.4, -0.2) is 28.4 Å². The van der Waals surface area contributed by atoms with E-state index in [0.29, 0.717) is 0 Å². The Morgan fingerprint density at radius 3 is 0.706 bits per heavy atom. The van der Waals surface area contributed by atoms with Crippen molar-refractivity contribution in [2.24, 2.45) is 0 Å². The highest BCUT2D eigenvalue weighted by Crippen LogP contribution is 2.42. The fourth-order valence-corrected chi connectivity index (χ4v) is 9.83. The van der Waals surface area contributed by atoms with Crippen molar-refractivity contribution in [3.63, 3.8) is 0 Å². The highest BCUT2D eigenvalue weighted by Gasteiger charge is 2.20. The van der Waals surface area contributed by atoms with E-state index in [1.807, 2.05) is 0 Å². The third-order valence-electron chi connectivity index (χ3n) is 12.9. The Balaban J connectivity index is 1.15. The van der Waals surface area contributed by atoms with Gasteiger partial charge in [-0.3, -0.25) is 0 Å². The Hall–Kier alpha value is -7.92. The molecular weight excluding hydrogens is 833 g/mol. The van der Waals surface area contributed by atoms with Crippen molar-refractivity contribution in [2.45, 2.75) is 55.4 Å². The highest BCUT2D eigenvalue weighted by atomic mass is 16.5. The minimum absolute atomic E-state index is 0.846. The van der Waals surface area contributed by atoms with E-state index in [1.165, 1.54) is 22.3 Å². The zero-order valence-electron chi connectivity index (χ0n) is 41.3. The number of benzene rings is 8. The monoisotopic (exact) mass is 890 g/mol. The number of methoxy groups -OCH3 is 4. The number of hydrogen-bond donors (Lipinski definition) is 0. The van der Waals surface area contributed by atoms with Crippen molar-refractivity contribution in [2.75, 3.05) is 28.4 Å². The second-order valence-electron chi connectivity index (χ2n) is 17.7. The van der Waals surface area contributed by atoms with Crippen molar-refractivity contribution in [1.29, 1.82) is 0 Å². The molecule has 8 aromatic rings. The predicted octanol–water partition coefficient (Wildman–Crippen LogP) is 15.3. The highest BCUT2D eigenvalue weighted by molar-refractivity contribution is 5.89. The van der Waals surface area contributed by atoms with Crippen molar-refractivity contribution >= 4 is 0 Å². The molecule has 0 fully saturated rings. The summed E-state index contributed by atoms with van der Waals surface area (Å²) < 4.78 is 22.5. The first-order valence-electron chi connectivity index (χ1n) is 22.9. The summed E-state index contributed by atoms with van der Waals surface area (Å²) in [6.45, 7) is 17.1. The molecule has 0 aliphatic rings. The lowest BCUT2D eigenvalue weighted by Crippen LogP contribution is -1.98. The van der Waals surface area contributed by atoms with Crippen LogP contribution in [0.15, 0.2) is 133 Å². The van der Waals surface area contributed by atoms with Crippen molar-refractivity contribution in [3.8, 4) is 102 Å². The van der Waals surface area contributed by atoms with E-state index in [0.717, 1.165) is 123 Å².